The number of thioether (sulfide) groups is 1. The van der Waals surface area contributed by atoms with Crippen LogP contribution in [0.15, 0.2) is 47.8 Å². The van der Waals surface area contributed by atoms with Gasteiger partial charge in [-0.2, -0.15) is 5.10 Å². The van der Waals surface area contributed by atoms with Crippen LogP contribution in [0.1, 0.15) is 21.9 Å². The quantitative estimate of drug-likeness (QED) is 0.708. The molecular formula is C17H17N5O2S. The predicted octanol–water partition coefficient (Wildman–Crippen LogP) is 2.22. The minimum Gasteiger partial charge on any atom is -0.487 e. The number of rotatable bonds is 6. The number of carbonyl (C=O) groups is 1. The van der Waals surface area contributed by atoms with Gasteiger partial charge in [-0.3, -0.25) is 9.89 Å². The first-order valence-electron chi connectivity index (χ1n) is 7.97. The van der Waals surface area contributed by atoms with E-state index in [0.29, 0.717) is 18.8 Å². The van der Waals surface area contributed by atoms with Crippen molar-refractivity contribution in [1.29, 1.82) is 0 Å². The lowest BCUT2D eigenvalue weighted by molar-refractivity contribution is 0.0945. The molecule has 0 unspecified atom stereocenters. The summed E-state index contributed by atoms with van der Waals surface area (Å²) in [5.41, 5.74) is 1.94. The summed E-state index contributed by atoms with van der Waals surface area (Å²) in [6.07, 6.45) is 1.99. The molecule has 8 heteroatoms. The maximum atomic E-state index is 12.2. The maximum absolute atomic E-state index is 12.2. The van der Waals surface area contributed by atoms with Crippen LogP contribution in [-0.4, -0.2) is 31.4 Å². The monoisotopic (exact) mass is 355 g/mol. The molecule has 0 spiro atoms. The highest BCUT2D eigenvalue weighted by molar-refractivity contribution is 7.99. The van der Waals surface area contributed by atoms with Crippen molar-refractivity contribution in [1.82, 2.24) is 25.1 Å². The molecule has 0 bridgehead atoms. The van der Waals surface area contributed by atoms with E-state index >= 15 is 0 Å². The zero-order valence-electron chi connectivity index (χ0n) is 13.4. The maximum Gasteiger partial charge on any atom is 0.272 e. The number of nitrogens with one attached hydrogen (secondary N) is 2. The number of hydrogen-bond donors (Lipinski definition) is 2. The first-order valence-corrected chi connectivity index (χ1v) is 8.96. The van der Waals surface area contributed by atoms with E-state index in [1.165, 1.54) is 0 Å². The standard InChI is InChI=1S/C17H17N5O2S/c23-16(18-9-13-10-22-6-7-25-17(22)19-13)15-8-12(20-21-15)11-24-14-4-2-1-3-5-14/h1-5,8,10H,6-7,9,11H2,(H,18,23)(H,20,21). The van der Waals surface area contributed by atoms with Crippen LogP contribution in [0.2, 0.25) is 0 Å². The lowest BCUT2D eigenvalue weighted by Gasteiger charge is -2.03. The molecule has 0 saturated carbocycles. The van der Waals surface area contributed by atoms with Crippen LogP contribution in [0.4, 0.5) is 0 Å². The normalized spacial score (nSPS) is 12.8. The van der Waals surface area contributed by atoms with E-state index in [2.05, 4.69) is 25.1 Å². The number of imidazole rings is 1. The van der Waals surface area contributed by atoms with E-state index in [1.54, 1.807) is 17.8 Å². The van der Waals surface area contributed by atoms with E-state index in [4.69, 9.17) is 4.74 Å². The van der Waals surface area contributed by atoms with Crippen LogP contribution in [0, 0.1) is 0 Å². The summed E-state index contributed by atoms with van der Waals surface area (Å²) in [6, 6.07) is 11.2. The van der Waals surface area contributed by atoms with Gasteiger partial charge in [-0.1, -0.05) is 30.0 Å². The summed E-state index contributed by atoms with van der Waals surface area (Å²) >= 11 is 1.73. The number of aromatic nitrogens is 4. The topological polar surface area (TPSA) is 84.8 Å². The van der Waals surface area contributed by atoms with Crippen LogP contribution in [-0.2, 0) is 19.7 Å². The molecule has 0 saturated heterocycles. The molecule has 3 heterocycles. The van der Waals surface area contributed by atoms with Crippen molar-refractivity contribution in [2.24, 2.45) is 0 Å². The Morgan fingerprint density at radius 1 is 1.36 bits per heavy atom. The van der Waals surface area contributed by atoms with Crippen LogP contribution < -0.4 is 10.1 Å². The van der Waals surface area contributed by atoms with Crippen molar-refractivity contribution in [2.75, 3.05) is 5.75 Å². The number of amides is 1. The van der Waals surface area contributed by atoms with E-state index in [9.17, 15) is 4.79 Å². The number of benzene rings is 1. The Kier molecular flexibility index (Phi) is 4.43. The van der Waals surface area contributed by atoms with Gasteiger partial charge in [0.15, 0.2) is 5.16 Å². The Morgan fingerprint density at radius 2 is 2.24 bits per heavy atom. The third-order valence-corrected chi connectivity index (χ3v) is 4.76. The second-order valence-corrected chi connectivity index (χ2v) is 6.68. The second kappa shape index (κ2) is 7.02. The van der Waals surface area contributed by atoms with Crippen molar-refractivity contribution < 1.29 is 9.53 Å². The Balaban J connectivity index is 1.30. The lowest BCUT2D eigenvalue weighted by atomic mass is 10.3. The van der Waals surface area contributed by atoms with Gasteiger partial charge in [0.1, 0.15) is 18.1 Å². The number of nitrogens with zero attached hydrogens (tertiary/aromatic N) is 3. The molecule has 4 rings (SSSR count). The van der Waals surface area contributed by atoms with Crippen molar-refractivity contribution >= 4 is 17.7 Å². The zero-order chi connectivity index (χ0) is 17.1. The first kappa shape index (κ1) is 15.8. The third kappa shape index (κ3) is 3.69. The Morgan fingerprint density at radius 3 is 3.08 bits per heavy atom. The summed E-state index contributed by atoms with van der Waals surface area (Å²) in [7, 11) is 0. The number of aryl methyl sites for hydroxylation is 1. The molecule has 0 atom stereocenters. The minimum atomic E-state index is -0.233. The number of aromatic amines is 1. The fraction of sp³-hybridized carbons (Fsp3) is 0.235. The SMILES string of the molecule is O=C(NCc1cn2c(n1)SCC2)c1cc(COc2ccccc2)[nH]n1. The molecule has 3 aromatic rings. The van der Waals surface area contributed by atoms with Gasteiger partial charge >= 0.3 is 0 Å². The number of para-hydroxylation sites is 1. The highest BCUT2D eigenvalue weighted by Crippen LogP contribution is 2.24. The van der Waals surface area contributed by atoms with E-state index in [0.717, 1.165) is 34.6 Å². The van der Waals surface area contributed by atoms with Gasteiger partial charge in [-0.15, -0.1) is 0 Å². The van der Waals surface area contributed by atoms with Crippen molar-refractivity contribution in [2.45, 2.75) is 24.9 Å². The van der Waals surface area contributed by atoms with Gasteiger partial charge in [0.05, 0.1) is 17.9 Å². The fourth-order valence-corrected chi connectivity index (χ4v) is 3.50. The Labute approximate surface area is 148 Å². The molecule has 1 aromatic carbocycles. The molecule has 0 radical (unpaired) electrons. The van der Waals surface area contributed by atoms with Crippen molar-refractivity contribution in [3.63, 3.8) is 0 Å². The van der Waals surface area contributed by atoms with Gasteiger partial charge in [0.2, 0.25) is 0 Å². The molecule has 1 aliphatic heterocycles. The number of carbonyl (C=O) groups excluding carboxylic acids is 1. The Bertz CT molecular complexity index is 853. The first-order chi connectivity index (χ1) is 12.3. The van der Waals surface area contributed by atoms with Crippen LogP contribution in [0.3, 0.4) is 0 Å². The summed E-state index contributed by atoms with van der Waals surface area (Å²) in [4.78, 5) is 16.7. The molecule has 1 amide bonds. The van der Waals surface area contributed by atoms with Crippen molar-refractivity contribution in [3.8, 4) is 5.75 Å². The predicted molar refractivity (Wildman–Crippen MR) is 93.5 cm³/mol. The second-order valence-electron chi connectivity index (χ2n) is 5.62. The van der Waals surface area contributed by atoms with Gasteiger partial charge in [0.25, 0.3) is 5.91 Å². The molecule has 7 nitrogen and oxygen atoms in total. The van der Waals surface area contributed by atoms with E-state index in [1.807, 2.05) is 36.5 Å². The molecule has 2 N–H and O–H groups in total. The fourth-order valence-electron chi connectivity index (χ4n) is 2.54. The average molecular weight is 355 g/mol. The highest BCUT2D eigenvalue weighted by atomic mass is 32.2. The molecule has 128 valence electrons. The smallest absolute Gasteiger partial charge is 0.272 e. The van der Waals surface area contributed by atoms with E-state index < -0.39 is 0 Å². The van der Waals surface area contributed by atoms with Crippen LogP contribution in [0.5, 0.6) is 5.75 Å². The number of ether oxygens (including phenoxy) is 1. The van der Waals surface area contributed by atoms with Crippen LogP contribution >= 0.6 is 11.8 Å². The summed E-state index contributed by atoms with van der Waals surface area (Å²) in [5.74, 6) is 1.60. The number of hydrogen-bond acceptors (Lipinski definition) is 5. The minimum absolute atomic E-state index is 0.233. The number of H-pyrrole nitrogens is 1. The summed E-state index contributed by atoms with van der Waals surface area (Å²) in [6.45, 7) is 1.70. The Hall–Kier alpha value is -2.74. The number of fused-ring (bicyclic) bond motifs is 1. The average Bonchev–Trinajstić information content (AvgIpc) is 3.34. The molecule has 25 heavy (non-hydrogen) atoms. The van der Waals surface area contributed by atoms with Gasteiger partial charge in [-0.25, -0.2) is 4.98 Å². The molecule has 1 aliphatic rings. The molecule has 0 fully saturated rings. The summed E-state index contributed by atoms with van der Waals surface area (Å²) in [5, 5.41) is 10.7. The van der Waals surface area contributed by atoms with Gasteiger partial charge in [0, 0.05) is 18.5 Å². The van der Waals surface area contributed by atoms with Gasteiger partial charge < -0.3 is 14.6 Å². The highest BCUT2D eigenvalue weighted by Gasteiger charge is 2.16. The molecular weight excluding hydrogens is 338 g/mol. The zero-order valence-corrected chi connectivity index (χ0v) is 14.3. The van der Waals surface area contributed by atoms with Gasteiger partial charge in [-0.05, 0) is 18.2 Å². The van der Waals surface area contributed by atoms with Crippen molar-refractivity contribution in [3.05, 3.63) is 59.7 Å². The lowest BCUT2D eigenvalue weighted by Crippen LogP contribution is -2.23. The van der Waals surface area contributed by atoms with E-state index in [-0.39, 0.29) is 5.91 Å². The largest absolute Gasteiger partial charge is 0.487 e. The third-order valence-electron chi connectivity index (χ3n) is 3.78. The molecule has 0 aliphatic carbocycles. The van der Waals surface area contributed by atoms with Crippen LogP contribution in [0.25, 0.3) is 0 Å². The summed E-state index contributed by atoms with van der Waals surface area (Å²) < 4.78 is 7.74. The molecule has 2 aromatic heterocycles.